The lowest BCUT2D eigenvalue weighted by molar-refractivity contribution is -0.165. The molecule has 0 saturated carbocycles. The average Bonchev–Trinajstić information content (AvgIpc) is 2.78. The molecule has 1 saturated heterocycles. The molecule has 0 N–H and O–H groups in total. The predicted molar refractivity (Wildman–Crippen MR) is 67.1 cm³/mol. The number of alkyl halides is 3. The molecule has 0 aliphatic carbocycles. The van der Waals surface area contributed by atoms with E-state index in [1.165, 1.54) is 24.3 Å². The molecule has 1 aromatic carbocycles. The molecule has 1 heterocycles. The molecule has 0 radical (unpaired) electrons. The van der Waals surface area contributed by atoms with Crippen LogP contribution >= 0.6 is 15.9 Å². The SMILES string of the molecule is O=S(=O)(c1ccc(Br)cc1)N1CCC[C@H]1C(F)(F)F. The molecular weight excluding hydrogens is 347 g/mol. The van der Waals surface area contributed by atoms with Crippen LogP contribution in [0, 0.1) is 0 Å². The fourth-order valence-electron chi connectivity index (χ4n) is 2.10. The Morgan fingerprint density at radius 1 is 1.21 bits per heavy atom. The van der Waals surface area contributed by atoms with E-state index in [-0.39, 0.29) is 24.3 Å². The van der Waals surface area contributed by atoms with E-state index in [1.807, 2.05) is 0 Å². The zero-order valence-corrected chi connectivity index (χ0v) is 12.1. The lowest BCUT2D eigenvalue weighted by Gasteiger charge is -2.25. The second kappa shape index (κ2) is 5.06. The first kappa shape index (κ1) is 14.8. The predicted octanol–water partition coefficient (Wildman–Crippen LogP) is 3.16. The normalized spacial score (nSPS) is 21.8. The van der Waals surface area contributed by atoms with Crippen LogP contribution in [-0.4, -0.2) is 31.5 Å². The van der Waals surface area contributed by atoms with E-state index in [2.05, 4.69) is 15.9 Å². The van der Waals surface area contributed by atoms with Crippen molar-refractivity contribution in [2.75, 3.05) is 6.54 Å². The maximum absolute atomic E-state index is 12.8. The van der Waals surface area contributed by atoms with Crippen LogP contribution in [0.5, 0.6) is 0 Å². The van der Waals surface area contributed by atoms with E-state index in [1.54, 1.807) is 0 Å². The monoisotopic (exact) mass is 357 g/mol. The van der Waals surface area contributed by atoms with Crippen molar-refractivity contribution < 1.29 is 21.6 Å². The van der Waals surface area contributed by atoms with Gasteiger partial charge < -0.3 is 0 Å². The topological polar surface area (TPSA) is 37.4 Å². The lowest BCUT2D eigenvalue weighted by Crippen LogP contribution is -2.44. The van der Waals surface area contributed by atoms with E-state index in [0.29, 0.717) is 8.78 Å². The summed E-state index contributed by atoms with van der Waals surface area (Å²) < 4.78 is 64.1. The van der Waals surface area contributed by atoms with Crippen molar-refractivity contribution in [3.8, 4) is 0 Å². The van der Waals surface area contributed by atoms with E-state index in [9.17, 15) is 21.6 Å². The quantitative estimate of drug-likeness (QED) is 0.815. The minimum absolute atomic E-state index is 0.0947. The molecule has 1 atom stereocenters. The minimum Gasteiger partial charge on any atom is -0.207 e. The Morgan fingerprint density at radius 3 is 2.32 bits per heavy atom. The van der Waals surface area contributed by atoms with Crippen LogP contribution in [0.3, 0.4) is 0 Å². The van der Waals surface area contributed by atoms with Crippen molar-refractivity contribution in [2.45, 2.75) is 30.0 Å². The molecule has 106 valence electrons. The summed E-state index contributed by atoms with van der Waals surface area (Å²) in [6, 6.07) is 3.66. The largest absolute Gasteiger partial charge is 0.405 e. The zero-order chi connectivity index (χ0) is 14.3. The van der Waals surface area contributed by atoms with E-state index >= 15 is 0 Å². The van der Waals surface area contributed by atoms with Crippen LogP contribution in [0.15, 0.2) is 33.6 Å². The molecule has 2 rings (SSSR count). The van der Waals surface area contributed by atoms with Gasteiger partial charge in [-0.15, -0.1) is 0 Å². The molecule has 3 nitrogen and oxygen atoms in total. The van der Waals surface area contributed by atoms with Gasteiger partial charge in [0.1, 0.15) is 6.04 Å². The molecule has 1 aliphatic heterocycles. The van der Waals surface area contributed by atoms with E-state index in [0.717, 1.165) is 0 Å². The molecule has 1 fully saturated rings. The molecule has 19 heavy (non-hydrogen) atoms. The summed E-state index contributed by atoms with van der Waals surface area (Å²) in [5.41, 5.74) is 0. The standard InChI is InChI=1S/C11H11BrF3NO2S/c12-8-3-5-9(6-4-8)19(17,18)16-7-1-2-10(16)11(13,14)15/h3-6,10H,1-2,7H2/t10-/m0/s1. The van der Waals surface area contributed by atoms with Gasteiger partial charge in [0.05, 0.1) is 4.90 Å². The summed E-state index contributed by atoms with van der Waals surface area (Å²) in [5, 5.41) is 0. The first-order valence-corrected chi connectivity index (χ1v) is 7.80. The van der Waals surface area contributed by atoms with Crippen molar-refractivity contribution in [2.24, 2.45) is 0 Å². The van der Waals surface area contributed by atoms with Crippen LogP contribution in [0.25, 0.3) is 0 Å². The van der Waals surface area contributed by atoms with Gasteiger partial charge in [0, 0.05) is 11.0 Å². The summed E-state index contributed by atoms with van der Waals surface area (Å²) in [6.07, 6.45) is -4.49. The molecule has 0 bridgehead atoms. The van der Waals surface area contributed by atoms with Crippen LogP contribution in [0.1, 0.15) is 12.8 Å². The number of sulfonamides is 1. The van der Waals surface area contributed by atoms with Crippen molar-refractivity contribution in [1.82, 2.24) is 4.31 Å². The second-order valence-electron chi connectivity index (χ2n) is 4.27. The Balaban J connectivity index is 2.37. The van der Waals surface area contributed by atoms with Gasteiger partial charge in [0.2, 0.25) is 10.0 Å². The smallest absolute Gasteiger partial charge is 0.207 e. The maximum Gasteiger partial charge on any atom is 0.405 e. The highest BCUT2D eigenvalue weighted by Gasteiger charge is 2.50. The Morgan fingerprint density at radius 2 is 1.79 bits per heavy atom. The summed E-state index contributed by atoms with van der Waals surface area (Å²) in [7, 11) is -4.10. The number of nitrogens with zero attached hydrogens (tertiary/aromatic N) is 1. The van der Waals surface area contributed by atoms with Gasteiger partial charge in [-0.1, -0.05) is 15.9 Å². The fourth-order valence-corrected chi connectivity index (χ4v) is 4.04. The second-order valence-corrected chi connectivity index (χ2v) is 7.08. The summed E-state index contributed by atoms with van der Waals surface area (Å²) in [6.45, 7) is -0.0947. The van der Waals surface area contributed by atoms with Crippen LogP contribution < -0.4 is 0 Å². The van der Waals surface area contributed by atoms with E-state index in [4.69, 9.17) is 0 Å². The van der Waals surface area contributed by atoms with Gasteiger partial charge in [-0.05, 0) is 37.1 Å². The van der Waals surface area contributed by atoms with Crippen molar-refractivity contribution >= 4 is 26.0 Å². The Kier molecular flexibility index (Phi) is 3.95. The third-order valence-electron chi connectivity index (χ3n) is 3.00. The summed E-state index contributed by atoms with van der Waals surface area (Å²) >= 11 is 3.15. The Bertz CT molecular complexity index is 556. The third-order valence-corrected chi connectivity index (χ3v) is 5.45. The molecule has 1 aromatic rings. The number of rotatable bonds is 2. The van der Waals surface area contributed by atoms with Crippen LogP contribution in [0.2, 0.25) is 0 Å². The summed E-state index contributed by atoms with van der Waals surface area (Å²) in [4.78, 5) is -0.119. The number of hydrogen-bond acceptors (Lipinski definition) is 2. The first-order valence-electron chi connectivity index (χ1n) is 5.57. The number of hydrogen-bond donors (Lipinski definition) is 0. The highest BCUT2D eigenvalue weighted by atomic mass is 79.9. The van der Waals surface area contributed by atoms with Gasteiger partial charge >= 0.3 is 6.18 Å². The highest BCUT2D eigenvalue weighted by molar-refractivity contribution is 9.10. The van der Waals surface area contributed by atoms with E-state index < -0.39 is 22.2 Å². The first-order chi connectivity index (χ1) is 8.73. The number of halogens is 4. The van der Waals surface area contributed by atoms with Gasteiger partial charge in [0.25, 0.3) is 0 Å². The van der Waals surface area contributed by atoms with Gasteiger partial charge in [-0.25, -0.2) is 8.42 Å². The zero-order valence-electron chi connectivity index (χ0n) is 9.69. The molecule has 1 aliphatic rings. The highest BCUT2D eigenvalue weighted by Crippen LogP contribution is 2.36. The molecule has 0 spiro atoms. The maximum atomic E-state index is 12.8. The van der Waals surface area contributed by atoms with Gasteiger partial charge in [-0.2, -0.15) is 17.5 Å². The molecular formula is C11H11BrF3NO2S. The third kappa shape index (κ3) is 2.95. The molecule has 0 unspecified atom stereocenters. The lowest BCUT2D eigenvalue weighted by atomic mass is 10.2. The summed E-state index contributed by atoms with van der Waals surface area (Å²) in [5.74, 6) is 0. The van der Waals surface area contributed by atoms with Gasteiger partial charge in [-0.3, -0.25) is 0 Å². The average molecular weight is 358 g/mol. The van der Waals surface area contributed by atoms with Crippen LogP contribution in [-0.2, 0) is 10.0 Å². The number of benzene rings is 1. The fraction of sp³-hybridized carbons (Fsp3) is 0.455. The van der Waals surface area contributed by atoms with Crippen molar-refractivity contribution in [1.29, 1.82) is 0 Å². The molecule has 0 aromatic heterocycles. The molecule has 0 amide bonds. The minimum atomic E-state index is -4.53. The van der Waals surface area contributed by atoms with Crippen molar-refractivity contribution in [3.05, 3.63) is 28.7 Å². The Labute approximate surface area is 117 Å². The van der Waals surface area contributed by atoms with Crippen LogP contribution in [0.4, 0.5) is 13.2 Å². The van der Waals surface area contributed by atoms with Gasteiger partial charge in [0.15, 0.2) is 0 Å². The molecule has 8 heteroatoms. The van der Waals surface area contributed by atoms with Crippen molar-refractivity contribution in [3.63, 3.8) is 0 Å². The Hall–Kier alpha value is -0.600.